The second-order valence-corrected chi connectivity index (χ2v) is 21.0. The number of carbonyl (C=O) groups excluding carboxylic acids is 1. The van der Waals surface area contributed by atoms with Crippen LogP contribution in [-0.2, 0) is 18.4 Å². The standard InChI is InChI=1S/C64H105N2O6P/c1-6-8-10-12-14-16-18-20-22-24-26-27-28-29-30-31-32-33-34-35-36-37-38-39-40-42-44-46-48-50-52-54-56-58-64(68)65-62(61-72-73(69,70)71-60-59-66(3,4)5)63(67)57-55-53-51-49-47-45-43-41-25-23-21-19-17-15-13-11-9-7-2/h8,10,14,16,20,22,25-27,29-30,32-33,35-36,38-39,41-42,44,47-50,55,57,62-63,67H,6-7,9,11-13,15,17-19,21,23-24,28,31,34,37,40,43,45-46,51-54,56,58-61H2,1-5H3,(H-,65,68,69,70)/p+1/b10-8-,16-14-,22-20-,27-26-,30-29-,33-32-,36-35-,39-38-,41-25+,44-42-,49-47+,50-48-,57-55+. The molecule has 3 atom stereocenters. The van der Waals surface area contributed by atoms with Gasteiger partial charge in [0.05, 0.1) is 39.9 Å². The van der Waals surface area contributed by atoms with Gasteiger partial charge >= 0.3 is 7.82 Å². The van der Waals surface area contributed by atoms with Crippen molar-refractivity contribution in [3.63, 3.8) is 0 Å². The molecule has 0 fully saturated rings. The molecule has 0 aliphatic rings. The van der Waals surface area contributed by atoms with E-state index < -0.39 is 20.0 Å². The Balaban J connectivity index is 4.42. The first kappa shape index (κ1) is 69.1. The highest BCUT2D eigenvalue weighted by molar-refractivity contribution is 7.47. The third-order valence-corrected chi connectivity index (χ3v) is 12.4. The number of aliphatic hydroxyl groups is 1. The summed E-state index contributed by atoms with van der Waals surface area (Å²) in [6, 6.07) is -0.906. The lowest BCUT2D eigenvalue weighted by molar-refractivity contribution is -0.870. The summed E-state index contributed by atoms with van der Waals surface area (Å²) in [5.74, 6) is -0.241. The zero-order valence-corrected chi connectivity index (χ0v) is 47.7. The molecule has 8 nitrogen and oxygen atoms in total. The molecule has 9 heteroatoms. The summed E-state index contributed by atoms with van der Waals surface area (Å²) in [6.07, 6.45) is 83.5. The van der Waals surface area contributed by atoms with E-state index in [4.69, 9.17) is 9.05 Å². The molecular formula is C64H106N2O6P+. The zero-order valence-electron chi connectivity index (χ0n) is 46.8. The molecule has 0 radical (unpaired) electrons. The van der Waals surface area contributed by atoms with Gasteiger partial charge in [0, 0.05) is 6.42 Å². The average Bonchev–Trinajstić information content (AvgIpc) is 3.35. The van der Waals surface area contributed by atoms with Gasteiger partial charge in [-0.25, -0.2) is 4.57 Å². The molecule has 0 saturated heterocycles. The van der Waals surface area contributed by atoms with Gasteiger partial charge in [-0.05, 0) is 122 Å². The summed E-state index contributed by atoms with van der Waals surface area (Å²) in [4.78, 5) is 23.3. The summed E-state index contributed by atoms with van der Waals surface area (Å²) in [5, 5.41) is 13.8. The number of hydrogen-bond acceptors (Lipinski definition) is 5. The second kappa shape index (κ2) is 53.0. The zero-order chi connectivity index (χ0) is 53.5. The first-order chi connectivity index (χ1) is 35.5. The monoisotopic (exact) mass is 1030 g/mol. The minimum absolute atomic E-state index is 0.0354. The van der Waals surface area contributed by atoms with E-state index in [1.807, 2.05) is 27.2 Å². The van der Waals surface area contributed by atoms with E-state index >= 15 is 0 Å². The van der Waals surface area contributed by atoms with Crippen LogP contribution < -0.4 is 5.32 Å². The third-order valence-electron chi connectivity index (χ3n) is 11.5. The summed E-state index contributed by atoms with van der Waals surface area (Å²) in [7, 11) is 1.49. The summed E-state index contributed by atoms with van der Waals surface area (Å²) in [6.45, 7) is 4.61. The van der Waals surface area contributed by atoms with Gasteiger partial charge in [0.25, 0.3) is 0 Å². The predicted molar refractivity (Wildman–Crippen MR) is 317 cm³/mol. The molecule has 3 N–H and O–H groups in total. The van der Waals surface area contributed by atoms with Gasteiger partial charge in [-0.15, -0.1) is 0 Å². The van der Waals surface area contributed by atoms with Crippen LogP contribution in [0.2, 0.25) is 0 Å². The molecule has 0 spiro atoms. The Kier molecular flexibility index (Phi) is 50.1. The molecule has 1 amide bonds. The number of likely N-dealkylation sites (N-methyl/N-ethyl adjacent to an activating group) is 1. The minimum atomic E-state index is -4.38. The third kappa shape index (κ3) is 55.7. The number of allylic oxidation sites excluding steroid dienone is 25. The van der Waals surface area contributed by atoms with E-state index in [1.165, 1.54) is 57.8 Å². The minimum Gasteiger partial charge on any atom is -0.387 e. The number of amides is 1. The van der Waals surface area contributed by atoms with Crippen molar-refractivity contribution < 1.29 is 32.9 Å². The molecule has 0 aromatic carbocycles. The molecule has 0 aliphatic carbocycles. The van der Waals surface area contributed by atoms with Gasteiger partial charge in [0.15, 0.2) is 0 Å². The van der Waals surface area contributed by atoms with Crippen LogP contribution in [0.3, 0.4) is 0 Å². The molecule has 0 aromatic rings. The van der Waals surface area contributed by atoms with Crippen LogP contribution in [0, 0.1) is 0 Å². The van der Waals surface area contributed by atoms with Crippen molar-refractivity contribution in [3.8, 4) is 0 Å². The summed E-state index contributed by atoms with van der Waals surface area (Å²) < 4.78 is 23.6. The van der Waals surface area contributed by atoms with E-state index in [1.54, 1.807) is 6.08 Å². The second-order valence-electron chi connectivity index (χ2n) is 19.6. The lowest BCUT2D eigenvalue weighted by atomic mass is 10.1. The number of aliphatic hydroxyl groups excluding tert-OH is 1. The number of nitrogens with zero attached hydrogens (tertiary/aromatic N) is 1. The number of phosphoric acid groups is 1. The molecule has 0 heterocycles. The van der Waals surface area contributed by atoms with Crippen LogP contribution in [-0.4, -0.2) is 73.4 Å². The average molecular weight is 1030 g/mol. The van der Waals surface area contributed by atoms with E-state index in [9.17, 15) is 19.4 Å². The molecule has 0 aromatic heterocycles. The van der Waals surface area contributed by atoms with Crippen molar-refractivity contribution in [3.05, 3.63) is 158 Å². The highest BCUT2D eigenvalue weighted by Gasteiger charge is 2.27. The van der Waals surface area contributed by atoms with E-state index in [-0.39, 0.29) is 25.5 Å². The Hall–Kier alpha value is -3.88. The smallest absolute Gasteiger partial charge is 0.387 e. The van der Waals surface area contributed by atoms with Crippen LogP contribution in [0.5, 0.6) is 0 Å². The van der Waals surface area contributed by atoms with Crippen LogP contribution in [0.15, 0.2) is 158 Å². The fourth-order valence-electron chi connectivity index (χ4n) is 7.04. The lowest BCUT2D eigenvalue weighted by Gasteiger charge is -2.25. The van der Waals surface area contributed by atoms with Gasteiger partial charge in [-0.2, -0.15) is 0 Å². The first-order valence-corrected chi connectivity index (χ1v) is 29.9. The van der Waals surface area contributed by atoms with Crippen molar-refractivity contribution in [2.24, 2.45) is 0 Å². The largest absolute Gasteiger partial charge is 0.472 e. The number of quaternary nitrogens is 1. The summed E-state index contributed by atoms with van der Waals surface area (Å²) >= 11 is 0. The Bertz CT molecular complexity index is 1740. The van der Waals surface area contributed by atoms with Crippen LogP contribution >= 0.6 is 7.82 Å². The van der Waals surface area contributed by atoms with Gasteiger partial charge in [-0.3, -0.25) is 13.8 Å². The topological polar surface area (TPSA) is 105 Å². The molecule has 73 heavy (non-hydrogen) atoms. The summed E-state index contributed by atoms with van der Waals surface area (Å²) in [5.41, 5.74) is 0. The fraction of sp³-hybridized carbons (Fsp3) is 0.578. The van der Waals surface area contributed by atoms with Crippen molar-refractivity contribution in [2.75, 3.05) is 40.9 Å². The van der Waals surface area contributed by atoms with Crippen molar-refractivity contribution in [1.82, 2.24) is 5.32 Å². The van der Waals surface area contributed by atoms with Crippen molar-refractivity contribution >= 4 is 13.7 Å². The van der Waals surface area contributed by atoms with Crippen LogP contribution in [0.25, 0.3) is 0 Å². The van der Waals surface area contributed by atoms with Crippen molar-refractivity contribution in [2.45, 2.75) is 199 Å². The van der Waals surface area contributed by atoms with E-state index in [0.29, 0.717) is 17.4 Å². The molecule has 0 aliphatic heterocycles. The first-order valence-electron chi connectivity index (χ1n) is 28.4. The SMILES string of the molecule is CC/C=C\C/C=C\C/C=C\C/C=C\C/C=C\C/C=C\C/C=C\C/C=C\C/C=C\C/C=C\CCCCC(=O)NC(COP(=O)(O)OCC[N+](C)(C)C)C(O)/C=C/CC/C=C/CC/C=C/CCCCCCCCCC. The highest BCUT2D eigenvalue weighted by Crippen LogP contribution is 2.43. The number of nitrogens with one attached hydrogen (secondary N) is 1. The fourth-order valence-corrected chi connectivity index (χ4v) is 7.78. The van der Waals surface area contributed by atoms with Gasteiger partial charge < -0.3 is 19.8 Å². The number of unbranched alkanes of at least 4 members (excludes halogenated alkanes) is 12. The molecule has 0 rings (SSSR count). The van der Waals surface area contributed by atoms with Crippen molar-refractivity contribution in [1.29, 1.82) is 0 Å². The Morgan fingerprint density at radius 2 is 0.836 bits per heavy atom. The number of carbonyl (C=O) groups is 1. The molecule has 0 saturated carbocycles. The number of rotatable bonds is 49. The van der Waals surface area contributed by atoms with E-state index in [0.717, 1.165) is 103 Å². The maximum absolute atomic E-state index is 13.0. The Morgan fingerprint density at radius 1 is 0.479 bits per heavy atom. The Morgan fingerprint density at radius 3 is 1.26 bits per heavy atom. The van der Waals surface area contributed by atoms with Crippen LogP contribution in [0.4, 0.5) is 0 Å². The van der Waals surface area contributed by atoms with E-state index in [2.05, 4.69) is 165 Å². The molecule has 0 bridgehead atoms. The quantitative estimate of drug-likeness (QED) is 0.0243. The van der Waals surface area contributed by atoms with Gasteiger partial charge in [0.2, 0.25) is 5.91 Å². The van der Waals surface area contributed by atoms with Gasteiger partial charge in [0.1, 0.15) is 13.2 Å². The predicted octanol–water partition coefficient (Wildman–Crippen LogP) is 17.5. The molecule has 3 unspecified atom stereocenters. The lowest BCUT2D eigenvalue weighted by Crippen LogP contribution is -2.45. The maximum Gasteiger partial charge on any atom is 0.472 e. The number of hydrogen-bond donors (Lipinski definition) is 3. The number of phosphoric ester groups is 1. The Labute approximate surface area is 448 Å². The van der Waals surface area contributed by atoms with Crippen LogP contribution in [0.1, 0.15) is 187 Å². The maximum atomic E-state index is 13.0. The molecular weight excluding hydrogens is 924 g/mol. The normalized spacial score (nSPS) is 15.1. The van der Waals surface area contributed by atoms with Gasteiger partial charge in [-0.1, -0.05) is 217 Å². The highest BCUT2D eigenvalue weighted by atomic mass is 31.2. The molecule has 412 valence electrons.